The molecule has 17 heavy (non-hydrogen) atoms. The highest BCUT2D eigenvalue weighted by Gasteiger charge is 2.16. The predicted octanol–water partition coefficient (Wildman–Crippen LogP) is 2.14. The van der Waals surface area contributed by atoms with Gasteiger partial charge in [-0.25, -0.2) is 4.98 Å². The van der Waals surface area contributed by atoms with Gasteiger partial charge in [-0.15, -0.1) is 11.3 Å². The van der Waals surface area contributed by atoms with Crippen LogP contribution in [-0.2, 0) is 11.2 Å². The second-order valence-electron chi connectivity index (χ2n) is 4.43. The highest BCUT2D eigenvalue weighted by molar-refractivity contribution is 7.18. The van der Waals surface area contributed by atoms with Crippen LogP contribution in [0.2, 0.25) is 0 Å². The SMILES string of the molecule is Cc1cccc2sc(CC3CNCCO3)nc12. The minimum atomic E-state index is 0.282. The van der Waals surface area contributed by atoms with Crippen molar-refractivity contribution in [3.8, 4) is 0 Å². The van der Waals surface area contributed by atoms with Crippen molar-refractivity contribution in [1.29, 1.82) is 0 Å². The molecule has 1 fully saturated rings. The highest BCUT2D eigenvalue weighted by Crippen LogP contribution is 2.25. The van der Waals surface area contributed by atoms with Gasteiger partial charge in [0.2, 0.25) is 0 Å². The van der Waals surface area contributed by atoms with E-state index < -0.39 is 0 Å². The molecule has 1 aromatic heterocycles. The molecule has 0 amide bonds. The van der Waals surface area contributed by atoms with Crippen LogP contribution < -0.4 is 5.32 Å². The fourth-order valence-electron chi connectivity index (χ4n) is 2.17. The molecule has 3 rings (SSSR count). The van der Waals surface area contributed by atoms with Crippen molar-refractivity contribution in [3.63, 3.8) is 0 Å². The summed E-state index contributed by atoms with van der Waals surface area (Å²) in [7, 11) is 0. The van der Waals surface area contributed by atoms with Crippen LogP contribution in [0.1, 0.15) is 10.6 Å². The first kappa shape index (κ1) is 11.1. The average Bonchev–Trinajstić information content (AvgIpc) is 2.74. The van der Waals surface area contributed by atoms with Gasteiger partial charge in [-0.1, -0.05) is 12.1 Å². The van der Waals surface area contributed by atoms with Crippen LogP contribution in [0.25, 0.3) is 10.2 Å². The quantitative estimate of drug-likeness (QED) is 0.884. The van der Waals surface area contributed by atoms with Crippen molar-refractivity contribution >= 4 is 21.6 Å². The molecular weight excluding hydrogens is 232 g/mol. The molecule has 1 N–H and O–H groups in total. The number of ether oxygens (including phenoxy) is 1. The molecule has 3 nitrogen and oxygen atoms in total. The number of hydrogen-bond acceptors (Lipinski definition) is 4. The normalized spacial score (nSPS) is 20.9. The first-order valence-corrected chi connectivity index (χ1v) is 6.82. The van der Waals surface area contributed by atoms with E-state index >= 15 is 0 Å². The molecule has 1 aromatic carbocycles. The van der Waals surface area contributed by atoms with E-state index in [4.69, 9.17) is 9.72 Å². The van der Waals surface area contributed by atoms with Crippen molar-refractivity contribution in [2.75, 3.05) is 19.7 Å². The number of benzene rings is 1. The Bertz CT molecular complexity index is 517. The molecule has 0 bridgehead atoms. The second kappa shape index (κ2) is 4.72. The van der Waals surface area contributed by atoms with Crippen LogP contribution in [0, 0.1) is 6.92 Å². The van der Waals surface area contributed by atoms with Gasteiger partial charge < -0.3 is 10.1 Å². The molecule has 2 aromatic rings. The van der Waals surface area contributed by atoms with Crippen LogP contribution in [0.5, 0.6) is 0 Å². The van der Waals surface area contributed by atoms with Crippen LogP contribution in [0.15, 0.2) is 18.2 Å². The van der Waals surface area contributed by atoms with Gasteiger partial charge in [0.15, 0.2) is 0 Å². The lowest BCUT2D eigenvalue weighted by atomic mass is 10.2. The van der Waals surface area contributed by atoms with Crippen molar-refractivity contribution in [1.82, 2.24) is 10.3 Å². The lowest BCUT2D eigenvalue weighted by molar-refractivity contribution is 0.0292. The zero-order valence-electron chi connectivity index (χ0n) is 9.90. The zero-order valence-corrected chi connectivity index (χ0v) is 10.7. The van der Waals surface area contributed by atoms with E-state index in [2.05, 4.69) is 30.4 Å². The highest BCUT2D eigenvalue weighted by atomic mass is 32.1. The molecular formula is C13H16N2OS. The summed E-state index contributed by atoms with van der Waals surface area (Å²) in [5, 5.41) is 4.54. The fraction of sp³-hybridized carbons (Fsp3) is 0.462. The summed E-state index contributed by atoms with van der Waals surface area (Å²) < 4.78 is 6.99. The van der Waals surface area contributed by atoms with Gasteiger partial charge in [0.05, 0.1) is 27.9 Å². The third kappa shape index (κ3) is 2.34. The van der Waals surface area contributed by atoms with Crippen molar-refractivity contribution < 1.29 is 4.74 Å². The van der Waals surface area contributed by atoms with Gasteiger partial charge in [0.1, 0.15) is 0 Å². The monoisotopic (exact) mass is 248 g/mol. The van der Waals surface area contributed by atoms with Gasteiger partial charge in [-0.05, 0) is 18.6 Å². The summed E-state index contributed by atoms with van der Waals surface area (Å²) >= 11 is 1.79. The Morgan fingerprint density at radius 3 is 3.24 bits per heavy atom. The Hall–Kier alpha value is -0.970. The summed E-state index contributed by atoms with van der Waals surface area (Å²) in [4.78, 5) is 4.72. The molecule has 1 atom stereocenters. The first-order valence-electron chi connectivity index (χ1n) is 6.00. The lowest BCUT2D eigenvalue weighted by Crippen LogP contribution is -2.39. The Labute approximate surface area is 105 Å². The maximum Gasteiger partial charge on any atom is 0.0965 e. The van der Waals surface area contributed by atoms with E-state index in [1.807, 2.05) is 0 Å². The number of para-hydroxylation sites is 1. The van der Waals surface area contributed by atoms with E-state index in [1.165, 1.54) is 15.3 Å². The number of nitrogens with zero attached hydrogens (tertiary/aromatic N) is 1. The van der Waals surface area contributed by atoms with Crippen molar-refractivity contribution in [2.45, 2.75) is 19.4 Å². The predicted molar refractivity (Wildman–Crippen MR) is 70.7 cm³/mol. The van der Waals surface area contributed by atoms with E-state index in [0.29, 0.717) is 0 Å². The number of nitrogens with one attached hydrogen (secondary N) is 1. The number of rotatable bonds is 2. The number of hydrogen-bond donors (Lipinski definition) is 1. The van der Waals surface area contributed by atoms with E-state index in [-0.39, 0.29) is 6.10 Å². The van der Waals surface area contributed by atoms with E-state index in [9.17, 15) is 0 Å². The molecule has 90 valence electrons. The number of aromatic nitrogens is 1. The Morgan fingerprint density at radius 2 is 2.47 bits per heavy atom. The maximum atomic E-state index is 5.71. The smallest absolute Gasteiger partial charge is 0.0965 e. The van der Waals surface area contributed by atoms with Gasteiger partial charge in [0.25, 0.3) is 0 Å². The van der Waals surface area contributed by atoms with Gasteiger partial charge in [0, 0.05) is 19.5 Å². The van der Waals surface area contributed by atoms with Gasteiger partial charge in [-0.3, -0.25) is 0 Å². The molecule has 0 saturated carbocycles. The Kier molecular flexibility index (Phi) is 3.09. The fourth-order valence-corrected chi connectivity index (χ4v) is 3.27. The van der Waals surface area contributed by atoms with Gasteiger partial charge in [-0.2, -0.15) is 0 Å². The largest absolute Gasteiger partial charge is 0.375 e. The summed E-state index contributed by atoms with van der Waals surface area (Å²) in [5.41, 5.74) is 2.41. The van der Waals surface area contributed by atoms with Crippen molar-refractivity contribution in [2.24, 2.45) is 0 Å². The molecule has 1 unspecified atom stereocenters. The number of thiazole rings is 1. The molecule has 4 heteroatoms. The zero-order chi connectivity index (χ0) is 11.7. The summed E-state index contributed by atoms with van der Waals surface area (Å²) in [6.45, 7) is 4.84. The second-order valence-corrected chi connectivity index (χ2v) is 5.55. The van der Waals surface area contributed by atoms with E-state index in [1.54, 1.807) is 11.3 Å². The number of morpholine rings is 1. The lowest BCUT2D eigenvalue weighted by Gasteiger charge is -2.22. The van der Waals surface area contributed by atoms with Crippen LogP contribution in [0.3, 0.4) is 0 Å². The minimum Gasteiger partial charge on any atom is -0.375 e. The van der Waals surface area contributed by atoms with Crippen LogP contribution >= 0.6 is 11.3 Å². The maximum absolute atomic E-state index is 5.71. The third-order valence-corrected chi connectivity index (χ3v) is 4.11. The molecule has 2 heterocycles. The molecule has 0 radical (unpaired) electrons. The standard InChI is InChI=1S/C13H16N2OS/c1-9-3-2-4-11-13(9)15-12(17-11)7-10-8-14-5-6-16-10/h2-4,10,14H,5-8H2,1H3. The van der Waals surface area contributed by atoms with Crippen LogP contribution in [0.4, 0.5) is 0 Å². The number of fused-ring (bicyclic) bond motifs is 1. The molecule has 1 aliphatic rings. The van der Waals surface area contributed by atoms with E-state index in [0.717, 1.165) is 31.6 Å². The Morgan fingerprint density at radius 1 is 1.53 bits per heavy atom. The average molecular weight is 248 g/mol. The molecule has 1 aliphatic heterocycles. The van der Waals surface area contributed by atoms with Gasteiger partial charge >= 0.3 is 0 Å². The molecule has 1 saturated heterocycles. The topological polar surface area (TPSA) is 34.1 Å². The minimum absolute atomic E-state index is 0.282. The Balaban J connectivity index is 1.83. The third-order valence-electron chi connectivity index (χ3n) is 3.07. The summed E-state index contributed by atoms with van der Waals surface area (Å²) in [6, 6.07) is 6.35. The summed E-state index contributed by atoms with van der Waals surface area (Å²) in [5.74, 6) is 0. The first-order chi connectivity index (χ1) is 8.33. The van der Waals surface area contributed by atoms with Crippen LogP contribution in [-0.4, -0.2) is 30.8 Å². The molecule has 0 aliphatic carbocycles. The summed E-state index contributed by atoms with van der Waals surface area (Å²) in [6.07, 6.45) is 1.20. The number of aryl methyl sites for hydroxylation is 1. The van der Waals surface area contributed by atoms with Crippen molar-refractivity contribution in [3.05, 3.63) is 28.8 Å². The molecule has 0 spiro atoms.